The van der Waals surface area contributed by atoms with Crippen molar-refractivity contribution < 1.29 is 191 Å². The minimum atomic E-state index is -4.66. The number of benzene rings is 8. The second-order valence-electron chi connectivity index (χ2n) is 17.4. The molecule has 8 bridgehead atoms. The van der Waals surface area contributed by atoms with Crippen molar-refractivity contribution in [1.82, 2.24) is 0 Å². The van der Waals surface area contributed by atoms with Gasteiger partial charge >= 0.3 is 630 Å². The zero-order valence-corrected chi connectivity index (χ0v) is 69.2. The zero-order valence-electron chi connectivity index (χ0n) is 44.3. The predicted molar refractivity (Wildman–Crippen MR) is 304 cm³/mol. The van der Waals surface area contributed by atoms with Crippen LogP contribution in [0.2, 0.25) is 0 Å². The topological polar surface area (TPSA) is 310 Å². The van der Waals surface area contributed by atoms with E-state index in [1.54, 1.807) is 48.5 Å². The quantitative estimate of drug-likeness (QED) is 0.0516. The molecule has 4 N–H and O–H groups in total. The van der Waals surface area contributed by atoms with Gasteiger partial charge in [-0.25, -0.2) is 0 Å². The molecule has 0 fully saturated rings. The van der Waals surface area contributed by atoms with Crippen molar-refractivity contribution >= 4 is 181 Å². The van der Waals surface area contributed by atoms with E-state index in [4.69, 9.17) is 0 Å². The van der Waals surface area contributed by atoms with E-state index < -0.39 is 40.5 Å². The SMILES string of the molecule is O=S(=O)([O-])c1ccc([Se][Se]c2cc3c(O)c(c2)Cc2cc([Se][Se]c4ccc(S(=O)(=O)[O-])cc4)cc(c2O)Cc2cc([Se][Se]c4ccc(S(=O)(=O)[O-])cc4)cc(c2O)Cc2cc([Se][Se]c4ccc(S(=O)(=O)[O-])cc4)cc(c2O)C3)cc1.[Na+].[Na+].[Na+].[Na+]. The molecule has 0 saturated carbocycles. The van der Waals surface area contributed by atoms with Crippen LogP contribution >= 0.6 is 0 Å². The molecule has 0 unspecified atom stereocenters. The van der Waals surface area contributed by atoms with E-state index in [9.17, 15) is 72.3 Å². The summed E-state index contributed by atoms with van der Waals surface area (Å²) in [4.78, 5) is -1.39. The molecule has 0 saturated heterocycles. The van der Waals surface area contributed by atoms with Crippen molar-refractivity contribution in [2.24, 2.45) is 0 Å². The number of hydrogen-bond donors (Lipinski definition) is 4. The number of fused-ring (bicyclic) bond motifs is 8. The fourth-order valence-corrected chi connectivity index (χ4v) is 34.2. The molecule has 0 heterocycles. The van der Waals surface area contributed by atoms with Crippen LogP contribution in [0.5, 0.6) is 23.0 Å². The first kappa shape index (κ1) is 75.5. The van der Waals surface area contributed by atoms with Gasteiger partial charge in [-0.15, -0.1) is 0 Å². The molecule has 416 valence electrons. The first-order valence-electron chi connectivity index (χ1n) is 22.7. The molecule has 8 aromatic carbocycles. The van der Waals surface area contributed by atoms with Crippen LogP contribution in [-0.4, -0.2) is 177 Å². The van der Waals surface area contributed by atoms with Crippen molar-refractivity contribution in [2.75, 3.05) is 0 Å². The second kappa shape index (κ2) is 32.5. The van der Waals surface area contributed by atoms with E-state index in [1.165, 1.54) is 48.5 Å². The van der Waals surface area contributed by atoms with Gasteiger partial charge in [0.25, 0.3) is 0 Å². The van der Waals surface area contributed by atoms with Gasteiger partial charge < -0.3 is 0 Å². The summed E-state index contributed by atoms with van der Waals surface area (Å²) in [5, 5.41) is 49.4. The Balaban J connectivity index is 0.00000323. The number of rotatable bonds is 16. The van der Waals surface area contributed by atoms with Gasteiger partial charge in [0, 0.05) is 0 Å². The molecule has 0 aliphatic heterocycles. The first-order valence-corrected chi connectivity index (χ1v) is 52.6. The van der Waals surface area contributed by atoms with Crippen molar-refractivity contribution in [1.29, 1.82) is 0 Å². The predicted octanol–water partition coefficient (Wildman–Crippen LogP) is -14.1. The molecule has 0 atom stereocenters. The molecule has 32 heteroatoms. The van der Waals surface area contributed by atoms with E-state index in [2.05, 4.69) is 0 Å². The summed E-state index contributed by atoms with van der Waals surface area (Å²) in [7, 11) is -18.7. The second-order valence-corrected chi connectivity index (χ2v) is 48.2. The van der Waals surface area contributed by atoms with Crippen LogP contribution in [0.3, 0.4) is 0 Å². The fraction of sp³-hybridized carbons (Fsp3) is 0.0769. The monoisotopic (exact) mass is 1780 g/mol. The minimum Gasteiger partial charge on any atom is 1.00 e. The summed E-state index contributed by atoms with van der Waals surface area (Å²) in [6, 6.07) is 37.9. The maximum absolute atomic E-state index is 12.4. The Kier molecular flexibility index (Phi) is 29.2. The van der Waals surface area contributed by atoms with Gasteiger partial charge in [-0.05, 0) is 0 Å². The molecule has 0 aromatic heterocycles. The van der Waals surface area contributed by atoms with Crippen molar-refractivity contribution in [2.45, 2.75) is 45.3 Å². The molecule has 9 rings (SSSR count). The molecular formula is C52H36Na4O16S4Se8. The largest absolute Gasteiger partial charge is 1.00 e. The average molecular weight is 1770 g/mol. The Morgan fingerprint density at radius 2 is 0.381 bits per heavy atom. The first-order chi connectivity index (χ1) is 37.7. The van der Waals surface area contributed by atoms with E-state index in [-0.39, 0.29) is 292 Å². The van der Waals surface area contributed by atoms with E-state index in [1.807, 2.05) is 48.5 Å². The number of aromatic hydroxyl groups is 4. The van der Waals surface area contributed by atoms with Crippen LogP contribution in [0.1, 0.15) is 44.5 Å². The van der Waals surface area contributed by atoms with E-state index in [0.29, 0.717) is 44.5 Å². The van der Waals surface area contributed by atoms with Crippen molar-refractivity contribution in [3.63, 3.8) is 0 Å². The summed E-state index contributed by atoms with van der Waals surface area (Å²) in [6.45, 7) is 0. The van der Waals surface area contributed by atoms with Crippen LogP contribution in [0.15, 0.2) is 165 Å². The molecule has 0 spiro atoms. The molecule has 1 aliphatic rings. The minimum absolute atomic E-state index is 0. The van der Waals surface area contributed by atoms with Gasteiger partial charge in [0.2, 0.25) is 0 Å². The molecular weight excluding hydrogens is 1730 g/mol. The van der Waals surface area contributed by atoms with Gasteiger partial charge in [-0.2, -0.15) is 0 Å². The number of hydrogen-bond acceptors (Lipinski definition) is 16. The van der Waals surface area contributed by atoms with Crippen LogP contribution in [0, 0.1) is 0 Å². The van der Waals surface area contributed by atoms with Crippen LogP contribution in [0.4, 0.5) is 0 Å². The van der Waals surface area contributed by atoms with Crippen LogP contribution in [-0.2, 0) is 66.2 Å². The van der Waals surface area contributed by atoms with E-state index >= 15 is 0 Å². The summed E-state index contributed by atoms with van der Waals surface area (Å²) in [5.41, 5.74) is 3.71. The third-order valence-corrected chi connectivity index (χ3v) is 43.9. The average Bonchev–Trinajstić information content (AvgIpc) is 3.51. The van der Waals surface area contributed by atoms with Crippen molar-refractivity contribution in [3.05, 3.63) is 190 Å². The molecule has 8 aromatic rings. The summed E-state index contributed by atoms with van der Waals surface area (Å²) in [5.74, 6) is -0.281. The third-order valence-electron chi connectivity index (χ3n) is 11.9. The normalized spacial score (nSPS) is 12.4. The van der Waals surface area contributed by atoms with Gasteiger partial charge in [-0.3, -0.25) is 0 Å². The number of phenolic OH excluding ortho intramolecular Hbond substituents is 4. The molecule has 16 nitrogen and oxygen atoms in total. The van der Waals surface area contributed by atoms with Crippen molar-refractivity contribution in [3.8, 4) is 23.0 Å². The Morgan fingerprint density at radius 1 is 0.250 bits per heavy atom. The maximum Gasteiger partial charge on any atom is 1.00 e. The fourth-order valence-electron chi connectivity index (χ4n) is 8.04. The summed E-state index contributed by atoms with van der Waals surface area (Å²) in [6.07, 6.45) is 0.120. The standard InChI is InChI=1S/C52H40O16S4Se8.4Na/c53-49-29-17-31-23-46(78-74-42-11-3-38(4-12-42)70(60,61)62)25-33(50(31)54)19-35-27-48(80-76-44-15-7-40(8-16-44)72(66,67)68)28-36(52(35)56)20-34-26-47(79-75-43-13-5-39(6-14-43)71(63,64)65)24-32(51(34)55)18-30(49)22-45(21-29)77-73-41-9-1-37(2-10-41)69(57,58)59;;;;/h1-16,21-28,53-56H,17-20H2,(H,57,58,59)(H,60,61,62)(H,63,64,65)(H,66,67,68);;;;/q;4*+1/p-4. The molecule has 1 aliphatic carbocycles. The summed E-state index contributed by atoms with van der Waals surface area (Å²) < 4.78 is 147. The van der Waals surface area contributed by atoms with Crippen LogP contribution < -0.4 is 154 Å². The smallest absolute Gasteiger partial charge is 1.00 e. The third kappa shape index (κ3) is 20.4. The van der Waals surface area contributed by atoms with Gasteiger partial charge in [0.15, 0.2) is 0 Å². The summed E-state index contributed by atoms with van der Waals surface area (Å²) >= 11 is -2.10. The molecule has 0 amide bonds. The number of phenols is 4. The molecule has 84 heavy (non-hydrogen) atoms. The Morgan fingerprint density at radius 3 is 0.512 bits per heavy atom. The van der Waals surface area contributed by atoms with Gasteiger partial charge in [-0.1, -0.05) is 0 Å². The Labute approximate surface area is 619 Å². The van der Waals surface area contributed by atoms with Crippen LogP contribution in [0.25, 0.3) is 0 Å². The Bertz CT molecular complexity index is 3550. The van der Waals surface area contributed by atoms with E-state index in [0.717, 1.165) is 35.7 Å². The molecule has 0 radical (unpaired) electrons. The zero-order chi connectivity index (χ0) is 57.3. The van der Waals surface area contributed by atoms with Gasteiger partial charge in [0.1, 0.15) is 0 Å². The Hall–Kier alpha value is 0.756. The van der Waals surface area contributed by atoms with Gasteiger partial charge in [0.05, 0.1) is 0 Å². The maximum atomic E-state index is 12.4.